The zero-order chi connectivity index (χ0) is 21.3. The number of carbonyl (C=O) groups excluding carboxylic acids is 3. The summed E-state index contributed by atoms with van der Waals surface area (Å²) >= 11 is 0. The largest absolute Gasteiger partial charge is 0.449 e. The number of fused-ring (bicyclic) bond motifs is 3. The molecule has 0 saturated carbocycles. The van der Waals surface area contributed by atoms with Gasteiger partial charge in [-0.25, -0.2) is 4.79 Å². The van der Waals surface area contributed by atoms with Crippen LogP contribution in [0, 0.1) is 11.3 Å². The van der Waals surface area contributed by atoms with Crippen molar-refractivity contribution >= 4 is 34.8 Å². The van der Waals surface area contributed by atoms with E-state index in [-0.39, 0.29) is 17.5 Å². The van der Waals surface area contributed by atoms with Crippen molar-refractivity contribution in [2.75, 3.05) is 22.1 Å². The molecule has 2 heterocycles. The van der Waals surface area contributed by atoms with Gasteiger partial charge in [-0.3, -0.25) is 9.59 Å². The molecule has 2 aromatic rings. The fraction of sp³-hybridized carbons (Fsp3) is 0.273. The minimum Gasteiger partial charge on any atom is -0.449 e. The van der Waals surface area contributed by atoms with Crippen molar-refractivity contribution in [3.8, 4) is 6.07 Å². The van der Waals surface area contributed by atoms with Crippen molar-refractivity contribution < 1.29 is 19.1 Å². The molecule has 4 rings (SSSR count). The Morgan fingerprint density at radius 2 is 2.10 bits per heavy atom. The maximum atomic E-state index is 12.5. The van der Waals surface area contributed by atoms with Crippen molar-refractivity contribution in [2.24, 2.45) is 0 Å². The van der Waals surface area contributed by atoms with E-state index in [1.54, 1.807) is 42.5 Å². The average Bonchev–Trinajstić information content (AvgIpc) is 3.24. The van der Waals surface area contributed by atoms with Gasteiger partial charge < -0.3 is 20.3 Å². The van der Waals surface area contributed by atoms with E-state index >= 15 is 0 Å². The summed E-state index contributed by atoms with van der Waals surface area (Å²) in [4.78, 5) is 39.3. The first-order valence-corrected chi connectivity index (χ1v) is 9.70. The predicted molar refractivity (Wildman–Crippen MR) is 110 cm³/mol. The van der Waals surface area contributed by atoms with Crippen LogP contribution in [0.5, 0.6) is 0 Å². The Hall–Kier alpha value is -3.86. The molecular weight excluding hydrogens is 384 g/mol. The second-order valence-corrected chi connectivity index (χ2v) is 7.27. The molecule has 0 radical (unpaired) electrons. The zero-order valence-electron chi connectivity index (χ0n) is 16.3. The van der Waals surface area contributed by atoms with Crippen molar-refractivity contribution in [2.45, 2.75) is 31.9 Å². The highest BCUT2D eigenvalue weighted by Crippen LogP contribution is 2.37. The minimum atomic E-state index is -1.07. The summed E-state index contributed by atoms with van der Waals surface area (Å²) in [5.41, 5.74) is 2.35. The van der Waals surface area contributed by atoms with Crippen LogP contribution in [0.1, 0.15) is 35.7 Å². The number of hydrogen-bond donors (Lipinski definition) is 2. The quantitative estimate of drug-likeness (QED) is 0.758. The number of carbonyl (C=O) groups is 3. The Labute approximate surface area is 173 Å². The number of benzene rings is 2. The second kappa shape index (κ2) is 7.87. The number of para-hydroxylation sites is 1. The number of nitrogens with one attached hydrogen (secondary N) is 2. The molecule has 1 saturated heterocycles. The van der Waals surface area contributed by atoms with Crippen LogP contribution < -0.4 is 15.5 Å². The Morgan fingerprint density at radius 1 is 1.30 bits per heavy atom. The molecule has 2 amide bonds. The maximum absolute atomic E-state index is 12.5. The van der Waals surface area contributed by atoms with Gasteiger partial charge in [0, 0.05) is 6.54 Å². The number of amides is 2. The lowest BCUT2D eigenvalue weighted by Gasteiger charge is -2.33. The van der Waals surface area contributed by atoms with Gasteiger partial charge in [-0.2, -0.15) is 5.26 Å². The third-order valence-corrected chi connectivity index (χ3v) is 5.31. The summed E-state index contributed by atoms with van der Waals surface area (Å²) < 4.78 is 5.29. The van der Waals surface area contributed by atoms with E-state index in [2.05, 4.69) is 10.6 Å². The van der Waals surface area contributed by atoms with E-state index in [1.807, 2.05) is 11.0 Å². The van der Waals surface area contributed by atoms with Crippen LogP contribution in [0.2, 0.25) is 0 Å². The molecule has 0 bridgehead atoms. The molecule has 1 fully saturated rings. The first kappa shape index (κ1) is 19.5. The van der Waals surface area contributed by atoms with E-state index in [1.165, 1.54) is 6.92 Å². The van der Waals surface area contributed by atoms with E-state index in [0.29, 0.717) is 16.9 Å². The van der Waals surface area contributed by atoms with Gasteiger partial charge in [0.05, 0.1) is 28.2 Å². The first-order valence-electron chi connectivity index (χ1n) is 9.70. The number of ether oxygens (including phenoxy) is 1. The van der Waals surface area contributed by atoms with Gasteiger partial charge in [0.1, 0.15) is 12.1 Å². The summed E-state index contributed by atoms with van der Waals surface area (Å²) in [5.74, 6) is -1.29. The van der Waals surface area contributed by atoms with Crippen LogP contribution in [0.4, 0.5) is 17.1 Å². The average molecular weight is 404 g/mol. The summed E-state index contributed by atoms with van der Waals surface area (Å²) in [6.07, 6.45) is 0.692. The third kappa shape index (κ3) is 3.57. The fourth-order valence-corrected chi connectivity index (χ4v) is 3.76. The van der Waals surface area contributed by atoms with Crippen LogP contribution in [0.15, 0.2) is 42.5 Å². The van der Waals surface area contributed by atoms with Gasteiger partial charge in [0.15, 0.2) is 6.10 Å². The molecule has 2 aliphatic heterocycles. The lowest BCUT2D eigenvalue weighted by Crippen LogP contribution is -2.43. The van der Waals surface area contributed by atoms with Crippen molar-refractivity contribution in [1.82, 2.24) is 0 Å². The standard InChI is InChI=1S/C22H20N4O4/c1-13(20(27)24-16-6-3-2-5-15(16)12-23)30-22(29)14-8-9-18-17(11-14)25-21(28)19-7-4-10-26(18)19/h2-3,5-6,8-9,11,13,19H,4,7,10H2,1H3,(H,24,27)(H,25,28)/t13-,19+/m0/s1. The van der Waals surface area contributed by atoms with E-state index in [0.717, 1.165) is 25.1 Å². The molecule has 152 valence electrons. The van der Waals surface area contributed by atoms with Gasteiger partial charge >= 0.3 is 5.97 Å². The number of esters is 1. The molecule has 0 aliphatic carbocycles. The van der Waals surface area contributed by atoms with Crippen LogP contribution in [-0.2, 0) is 14.3 Å². The van der Waals surface area contributed by atoms with E-state index in [9.17, 15) is 14.4 Å². The smallest absolute Gasteiger partial charge is 0.338 e. The first-order chi connectivity index (χ1) is 14.5. The van der Waals surface area contributed by atoms with Crippen LogP contribution in [-0.4, -0.2) is 36.5 Å². The van der Waals surface area contributed by atoms with Gasteiger partial charge in [-0.05, 0) is 50.1 Å². The molecule has 0 unspecified atom stereocenters. The van der Waals surface area contributed by atoms with Gasteiger partial charge in [0.25, 0.3) is 5.91 Å². The Kier molecular flexibility index (Phi) is 5.11. The Morgan fingerprint density at radius 3 is 2.90 bits per heavy atom. The highest BCUT2D eigenvalue weighted by atomic mass is 16.5. The monoisotopic (exact) mass is 404 g/mol. The Balaban J connectivity index is 1.45. The molecule has 0 spiro atoms. The maximum Gasteiger partial charge on any atom is 0.338 e. The Bertz CT molecular complexity index is 1080. The summed E-state index contributed by atoms with van der Waals surface area (Å²) in [7, 11) is 0. The molecule has 30 heavy (non-hydrogen) atoms. The SMILES string of the molecule is C[C@H](OC(=O)c1ccc2c(c1)NC(=O)[C@H]1CCCN21)C(=O)Nc1ccccc1C#N. The van der Waals surface area contributed by atoms with Gasteiger partial charge in [-0.1, -0.05) is 12.1 Å². The number of nitrogens with zero attached hydrogens (tertiary/aromatic N) is 2. The van der Waals surface area contributed by atoms with Gasteiger partial charge in [-0.15, -0.1) is 0 Å². The number of hydrogen-bond acceptors (Lipinski definition) is 6. The van der Waals surface area contributed by atoms with Gasteiger partial charge in [0.2, 0.25) is 5.91 Å². The number of nitriles is 1. The normalized spacial score (nSPS) is 17.8. The molecule has 2 N–H and O–H groups in total. The zero-order valence-corrected chi connectivity index (χ0v) is 16.3. The summed E-state index contributed by atoms with van der Waals surface area (Å²) in [5, 5.41) is 14.6. The van der Waals surface area contributed by atoms with E-state index < -0.39 is 18.0 Å². The molecular formula is C22H20N4O4. The molecule has 2 aliphatic rings. The molecule has 2 aromatic carbocycles. The minimum absolute atomic E-state index is 0.0746. The van der Waals surface area contributed by atoms with Crippen molar-refractivity contribution in [3.05, 3.63) is 53.6 Å². The molecule has 8 nitrogen and oxygen atoms in total. The molecule has 0 aromatic heterocycles. The summed E-state index contributed by atoms with van der Waals surface area (Å²) in [6.45, 7) is 2.26. The van der Waals surface area contributed by atoms with Crippen molar-refractivity contribution in [3.63, 3.8) is 0 Å². The molecule has 2 atom stereocenters. The number of rotatable bonds is 4. The second-order valence-electron chi connectivity index (χ2n) is 7.27. The lowest BCUT2D eigenvalue weighted by molar-refractivity contribution is -0.123. The highest BCUT2D eigenvalue weighted by Gasteiger charge is 2.36. The fourth-order valence-electron chi connectivity index (χ4n) is 3.76. The number of anilines is 3. The van der Waals surface area contributed by atoms with E-state index in [4.69, 9.17) is 10.00 Å². The predicted octanol–water partition coefficient (Wildman–Crippen LogP) is 2.66. The van der Waals surface area contributed by atoms with Crippen LogP contribution in [0.25, 0.3) is 0 Å². The molecule has 8 heteroatoms. The highest BCUT2D eigenvalue weighted by molar-refractivity contribution is 6.06. The summed E-state index contributed by atoms with van der Waals surface area (Å²) in [6, 6.07) is 13.4. The van der Waals surface area contributed by atoms with Crippen molar-refractivity contribution in [1.29, 1.82) is 5.26 Å². The topological polar surface area (TPSA) is 112 Å². The lowest BCUT2D eigenvalue weighted by atomic mass is 10.1. The van der Waals surface area contributed by atoms with Crippen LogP contribution in [0.3, 0.4) is 0 Å². The third-order valence-electron chi connectivity index (χ3n) is 5.31. The van der Waals surface area contributed by atoms with Crippen LogP contribution >= 0.6 is 0 Å².